The summed E-state index contributed by atoms with van der Waals surface area (Å²) in [5.74, 6) is -0.986. The van der Waals surface area contributed by atoms with Gasteiger partial charge in [-0.05, 0) is 36.1 Å². The first-order chi connectivity index (χ1) is 10.1. The average molecular weight is 285 g/mol. The van der Waals surface area contributed by atoms with Crippen LogP contribution >= 0.6 is 0 Å². The normalized spacial score (nSPS) is 10.4. The van der Waals surface area contributed by atoms with E-state index in [4.69, 9.17) is 0 Å². The van der Waals surface area contributed by atoms with Gasteiger partial charge in [0.05, 0.1) is 0 Å². The lowest BCUT2D eigenvalue weighted by Crippen LogP contribution is -2.15. The van der Waals surface area contributed by atoms with Gasteiger partial charge in [-0.3, -0.25) is 4.79 Å². The van der Waals surface area contributed by atoms with Crippen molar-refractivity contribution in [3.05, 3.63) is 53.1 Å². The van der Waals surface area contributed by atoms with Crippen molar-refractivity contribution in [2.24, 2.45) is 0 Å². The highest BCUT2D eigenvalue weighted by Gasteiger charge is 2.18. The van der Waals surface area contributed by atoms with Gasteiger partial charge in [-0.1, -0.05) is 38.1 Å². The number of hydrogen-bond acceptors (Lipinski definition) is 3. The number of hydrogen-bond donors (Lipinski definition) is 3. The summed E-state index contributed by atoms with van der Waals surface area (Å²) < 4.78 is 0. The molecule has 0 radical (unpaired) electrons. The van der Waals surface area contributed by atoms with Gasteiger partial charge in [0, 0.05) is 5.69 Å². The fourth-order valence-electron chi connectivity index (χ4n) is 2.34. The number of amides is 1. The van der Waals surface area contributed by atoms with Crippen molar-refractivity contribution < 1.29 is 15.0 Å². The maximum absolute atomic E-state index is 12.4. The average Bonchev–Trinajstić information content (AvgIpc) is 2.47. The van der Waals surface area contributed by atoms with Crippen LogP contribution in [-0.4, -0.2) is 16.1 Å². The lowest BCUT2D eigenvalue weighted by molar-refractivity contribution is 0.102. The first kappa shape index (κ1) is 14.9. The molecule has 0 aromatic heterocycles. The molecule has 0 heterocycles. The molecule has 4 heteroatoms. The predicted molar refractivity (Wildman–Crippen MR) is 82.9 cm³/mol. The molecule has 1 amide bonds. The van der Waals surface area contributed by atoms with Crippen molar-refractivity contribution >= 4 is 11.6 Å². The number of para-hydroxylation sites is 1. The van der Waals surface area contributed by atoms with Crippen LogP contribution < -0.4 is 5.32 Å². The van der Waals surface area contributed by atoms with Crippen LogP contribution in [0.2, 0.25) is 0 Å². The van der Waals surface area contributed by atoms with Crippen LogP contribution in [0.5, 0.6) is 11.5 Å². The van der Waals surface area contributed by atoms with Crippen LogP contribution in [0.3, 0.4) is 0 Å². The van der Waals surface area contributed by atoms with Crippen LogP contribution in [0.15, 0.2) is 36.4 Å². The van der Waals surface area contributed by atoms with E-state index in [0.717, 1.165) is 29.7 Å². The van der Waals surface area contributed by atoms with Crippen LogP contribution in [0.4, 0.5) is 5.69 Å². The molecular formula is C17H19NO3. The van der Waals surface area contributed by atoms with Gasteiger partial charge in [0.25, 0.3) is 5.91 Å². The number of nitrogens with one attached hydrogen (secondary N) is 1. The summed E-state index contributed by atoms with van der Waals surface area (Å²) >= 11 is 0. The SMILES string of the molecule is CCc1cccc(CC)c1NC(=O)c1c(O)cccc1O. The molecule has 2 aromatic carbocycles. The Balaban J connectivity index is 2.40. The Morgan fingerprint density at radius 2 is 1.43 bits per heavy atom. The van der Waals surface area contributed by atoms with Crippen molar-refractivity contribution in [3.63, 3.8) is 0 Å². The molecule has 0 aliphatic carbocycles. The first-order valence-corrected chi connectivity index (χ1v) is 7.01. The van der Waals surface area contributed by atoms with Gasteiger partial charge < -0.3 is 15.5 Å². The summed E-state index contributed by atoms with van der Waals surface area (Å²) in [4.78, 5) is 12.4. The van der Waals surface area contributed by atoms with E-state index in [0.29, 0.717) is 0 Å². The van der Waals surface area contributed by atoms with E-state index >= 15 is 0 Å². The van der Waals surface area contributed by atoms with E-state index in [1.165, 1.54) is 18.2 Å². The third-order valence-corrected chi connectivity index (χ3v) is 3.48. The highest BCUT2D eigenvalue weighted by atomic mass is 16.3. The van der Waals surface area contributed by atoms with Crippen LogP contribution in [-0.2, 0) is 12.8 Å². The number of anilines is 1. The molecule has 2 aromatic rings. The van der Waals surface area contributed by atoms with Crippen molar-refractivity contribution in [1.82, 2.24) is 0 Å². The fourth-order valence-corrected chi connectivity index (χ4v) is 2.34. The molecule has 0 unspecified atom stereocenters. The van der Waals surface area contributed by atoms with Gasteiger partial charge in [0.1, 0.15) is 17.1 Å². The topological polar surface area (TPSA) is 69.6 Å². The summed E-state index contributed by atoms with van der Waals surface area (Å²) in [6.07, 6.45) is 1.58. The zero-order valence-electron chi connectivity index (χ0n) is 12.2. The second-order valence-corrected chi connectivity index (χ2v) is 4.78. The molecule has 0 aliphatic heterocycles. The summed E-state index contributed by atoms with van der Waals surface area (Å²) in [6, 6.07) is 10.1. The number of phenolic OH excluding ortho intramolecular Hbond substituents is 2. The summed E-state index contributed by atoms with van der Waals surface area (Å²) in [5.41, 5.74) is 2.70. The molecule has 0 atom stereocenters. The predicted octanol–water partition coefficient (Wildman–Crippen LogP) is 3.47. The van der Waals surface area contributed by atoms with E-state index in [-0.39, 0.29) is 17.1 Å². The Kier molecular flexibility index (Phi) is 4.48. The second-order valence-electron chi connectivity index (χ2n) is 4.78. The summed E-state index contributed by atoms with van der Waals surface area (Å²) in [6.45, 7) is 4.03. The minimum atomic E-state index is -0.513. The Labute approximate surface area is 124 Å². The van der Waals surface area contributed by atoms with Gasteiger partial charge in [0.15, 0.2) is 0 Å². The number of aryl methyl sites for hydroxylation is 2. The molecule has 0 bridgehead atoms. The fraction of sp³-hybridized carbons (Fsp3) is 0.235. The highest BCUT2D eigenvalue weighted by Crippen LogP contribution is 2.29. The second kappa shape index (κ2) is 6.31. The number of aromatic hydroxyl groups is 2. The van der Waals surface area contributed by atoms with Crippen molar-refractivity contribution in [1.29, 1.82) is 0 Å². The zero-order chi connectivity index (χ0) is 15.4. The molecule has 0 saturated carbocycles. The Morgan fingerprint density at radius 1 is 0.952 bits per heavy atom. The van der Waals surface area contributed by atoms with E-state index < -0.39 is 5.91 Å². The maximum atomic E-state index is 12.4. The van der Waals surface area contributed by atoms with Crippen molar-refractivity contribution in [2.45, 2.75) is 26.7 Å². The molecule has 2 rings (SSSR count). The van der Waals surface area contributed by atoms with Gasteiger partial charge in [-0.15, -0.1) is 0 Å². The van der Waals surface area contributed by atoms with Gasteiger partial charge >= 0.3 is 0 Å². The standard InChI is InChI=1S/C17H19NO3/c1-3-11-7-5-8-12(4-2)16(11)18-17(21)15-13(19)9-6-10-14(15)20/h5-10,19-20H,3-4H2,1-2H3,(H,18,21). The molecule has 3 N–H and O–H groups in total. The molecule has 0 aliphatic rings. The minimum Gasteiger partial charge on any atom is -0.507 e. The molecule has 0 spiro atoms. The third kappa shape index (κ3) is 2.99. The molecule has 110 valence electrons. The van der Waals surface area contributed by atoms with Crippen LogP contribution in [0.1, 0.15) is 35.3 Å². The van der Waals surface area contributed by atoms with Crippen molar-refractivity contribution in [3.8, 4) is 11.5 Å². The first-order valence-electron chi connectivity index (χ1n) is 7.01. The lowest BCUT2D eigenvalue weighted by atomic mass is 10.0. The number of carbonyl (C=O) groups excluding carboxylic acids is 1. The maximum Gasteiger partial charge on any atom is 0.263 e. The van der Waals surface area contributed by atoms with E-state index in [9.17, 15) is 15.0 Å². The van der Waals surface area contributed by atoms with E-state index in [1.807, 2.05) is 32.0 Å². The molecule has 0 saturated heterocycles. The van der Waals surface area contributed by atoms with E-state index in [1.54, 1.807) is 0 Å². The van der Waals surface area contributed by atoms with E-state index in [2.05, 4.69) is 5.32 Å². The monoisotopic (exact) mass is 285 g/mol. The van der Waals surface area contributed by atoms with Crippen LogP contribution in [0, 0.1) is 0 Å². The lowest BCUT2D eigenvalue weighted by Gasteiger charge is -2.15. The van der Waals surface area contributed by atoms with Crippen molar-refractivity contribution in [2.75, 3.05) is 5.32 Å². The Hall–Kier alpha value is -2.49. The summed E-state index contributed by atoms with van der Waals surface area (Å²) in [7, 11) is 0. The Morgan fingerprint density at radius 3 is 1.90 bits per heavy atom. The summed E-state index contributed by atoms with van der Waals surface area (Å²) in [5, 5.41) is 22.4. The minimum absolute atomic E-state index is 0.106. The number of rotatable bonds is 4. The highest BCUT2D eigenvalue weighted by molar-refractivity contribution is 6.08. The Bertz CT molecular complexity index is 623. The zero-order valence-corrected chi connectivity index (χ0v) is 12.2. The van der Waals surface area contributed by atoms with Gasteiger partial charge in [-0.25, -0.2) is 0 Å². The molecule has 4 nitrogen and oxygen atoms in total. The molecule has 0 fully saturated rings. The molecule has 21 heavy (non-hydrogen) atoms. The smallest absolute Gasteiger partial charge is 0.263 e. The largest absolute Gasteiger partial charge is 0.507 e. The van der Waals surface area contributed by atoms with Gasteiger partial charge in [0.2, 0.25) is 0 Å². The number of benzene rings is 2. The third-order valence-electron chi connectivity index (χ3n) is 3.48. The number of carbonyl (C=O) groups is 1. The van der Waals surface area contributed by atoms with Gasteiger partial charge in [-0.2, -0.15) is 0 Å². The quantitative estimate of drug-likeness (QED) is 0.805. The number of phenols is 2. The van der Waals surface area contributed by atoms with Crippen LogP contribution in [0.25, 0.3) is 0 Å². The molecular weight excluding hydrogens is 266 g/mol.